The van der Waals surface area contributed by atoms with Gasteiger partial charge in [0.2, 0.25) is 0 Å². The van der Waals surface area contributed by atoms with Gasteiger partial charge >= 0.3 is 0 Å². The van der Waals surface area contributed by atoms with Crippen molar-refractivity contribution in [3.8, 4) is 0 Å². The lowest BCUT2D eigenvalue weighted by atomic mass is 10.3. The Bertz CT molecular complexity index is 473. The number of rotatable bonds is 3. The van der Waals surface area contributed by atoms with Gasteiger partial charge in [0.1, 0.15) is 0 Å². The van der Waals surface area contributed by atoms with Crippen LogP contribution in [0.4, 0.5) is 10.2 Å². The zero-order valence-corrected chi connectivity index (χ0v) is 9.41. The fourth-order valence-electron chi connectivity index (χ4n) is 1.42. The minimum Gasteiger partial charge on any atom is -0.472 e. The maximum Gasteiger partial charge on any atom is 0.167 e. The minimum atomic E-state index is -0.432. The van der Waals surface area contributed by atoms with E-state index in [1.54, 1.807) is 24.5 Å². The van der Waals surface area contributed by atoms with Crippen molar-refractivity contribution in [1.29, 1.82) is 0 Å². The number of anilines is 1. The molecule has 0 amide bonds. The van der Waals surface area contributed by atoms with Crippen molar-refractivity contribution in [2.45, 2.75) is 6.54 Å². The summed E-state index contributed by atoms with van der Waals surface area (Å²) in [5.41, 5.74) is 0.957. The monoisotopic (exact) mass is 240 g/mol. The van der Waals surface area contributed by atoms with Gasteiger partial charge in [0.15, 0.2) is 11.6 Å². The molecule has 84 valence electrons. The number of halogens is 2. The normalized spacial score (nSPS) is 10.4. The van der Waals surface area contributed by atoms with E-state index in [2.05, 4.69) is 4.98 Å². The highest BCUT2D eigenvalue weighted by molar-refractivity contribution is 6.30. The molecule has 0 N–H and O–H groups in total. The number of pyridine rings is 1. The number of hydrogen-bond acceptors (Lipinski definition) is 3. The molecule has 0 bridgehead atoms. The summed E-state index contributed by atoms with van der Waals surface area (Å²) >= 11 is 5.63. The highest BCUT2D eigenvalue weighted by Gasteiger charge is 2.10. The molecular formula is C11H10ClFN2O. The van der Waals surface area contributed by atoms with E-state index in [0.717, 1.165) is 5.56 Å². The lowest BCUT2D eigenvalue weighted by molar-refractivity contribution is 0.563. The van der Waals surface area contributed by atoms with Crippen LogP contribution in [0.2, 0.25) is 5.02 Å². The molecule has 2 rings (SSSR count). The summed E-state index contributed by atoms with van der Waals surface area (Å²) in [6, 6.07) is 3.07. The number of furan rings is 1. The molecule has 0 aliphatic heterocycles. The van der Waals surface area contributed by atoms with E-state index >= 15 is 0 Å². The van der Waals surface area contributed by atoms with E-state index in [0.29, 0.717) is 6.54 Å². The maximum atomic E-state index is 13.5. The van der Waals surface area contributed by atoms with E-state index in [1.165, 1.54) is 12.3 Å². The fraction of sp³-hybridized carbons (Fsp3) is 0.182. The second-order valence-corrected chi connectivity index (χ2v) is 3.88. The second-order valence-electron chi connectivity index (χ2n) is 3.45. The Balaban J connectivity index is 2.17. The van der Waals surface area contributed by atoms with Gasteiger partial charge in [0, 0.05) is 25.4 Å². The molecule has 0 aliphatic rings. The maximum absolute atomic E-state index is 13.5. The van der Waals surface area contributed by atoms with Crippen molar-refractivity contribution in [3.05, 3.63) is 47.3 Å². The Labute approximate surface area is 97.5 Å². The largest absolute Gasteiger partial charge is 0.472 e. The van der Waals surface area contributed by atoms with E-state index in [1.807, 2.05) is 6.07 Å². The molecule has 0 spiro atoms. The van der Waals surface area contributed by atoms with Crippen LogP contribution in [-0.4, -0.2) is 12.0 Å². The Kier molecular flexibility index (Phi) is 3.10. The average Bonchev–Trinajstić information content (AvgIpc) is 2.70. The van der Waals surface area contributed by atoms with Gasteiger partial charge in [-0.15, -0.1) is 0 Å². The van der Waals surface area contributed by atoms with Crippen LogP contribution in [0.5, 0.6) is 0 Å². The summed E-state index contributed by atoms with van der Waals surface area (Å²) in [7, 11) is 1.76. The van der Waals surface area contributed by atoms with Crippen LogP contribution in [-0.2, 0) is 6.54 Å². The summed E-state index contributed by atoms with van der Waals surface area (Å²) in [6.07, 6.45) is 4.62. The van der Waals surface area contributed by atoms with Gasteiger partial charge in [-0.25, -0.2) is 9.37 Å². The molecule has 0 radical (unpaired) electrons. The van der Waals surface area contributed by atoms with Crippen molar-refractivity contribution in [2.75, 3.05) is 11.9 Å². The topological polar surface area (TPSA) is 29.3 Å². The summed E-state index contributed by atoms with van der Waals surface area (Å²) in [4.78, 5) is 5.64. The highest BCUT2D eigenvalue weighted by Crippen LogP contribution is 2.20. The standard InChI is InChI=1S/C11H10ClFN2O/c1-15(6-8-2-3-16-7-8)11-10(13)4-9(12)5-14-11/h2-5,7H,6H2,1H3. The van der Waals surface area contributed by atoms with Crippen molar-refractivity contribution >= 4 is 17.4 Å². The molecule has 0 fully saturated rings. The van der Waals surface area contributed by atoms with E-state index in [9.17, 15) is 4.39 Å². The molecule has 16 heavy (non-hydrogen) atoms. The van der Waals surface area contributed by atoms with Crippen molar-refractivity contribution in [1.82, 2.24) is 4.98 Å². The van der Waals surface area contributed by atoms with Crippen LogP contribution in [0.1, 0.15) is 5.56 Å². The van der Waals surface area contributed by atoms with E-state index < -0.39 is 5.82 Å². The second kappa shape index (κ2) is 4.53. The first-order chi connectivity index (χ1) is 7.66. The predicted molar refractivity (Wildman–Crippen MR) is 60.0 cm³/mol. The average molecular weight is 241 g/mol. The SMILES string of the molecule is CN(Cc1ccoc1)c1ncc(Cl)cc1F. The van der Waals surface area contributed by atoms with Crippen LogP contribution in [0.25, 0.3) is 0 Å². The molecule has 0 atom stereocenters. The molecule has 2 aromatic heterocycles. The third-order valence-corrected chi connectivity index (χ3v) is 2.36. The van der Waals surface area contributed by atoms with Crippen LogP contribution < -0.4 is 4.90 Å². The van der Waals surface area contributed by atoms with Crippen molar-refractivity contribution in [3.63, 3.8) is 0 Å². The Morgan fingerprint density at radius 1 is 1.56 bits per heavy atom. The first kappa shape index (κ1) is 11.0. The number of hydrogen-bond donors (Lipinski definition) is 0. The molecule has 0 saturated heterocycles. The zero-order chi connectivity index (χ0) is 11.5. The first-order valence-corrected chi connectivity index (χ1v) is 5.08. The highest BCUT2D eigenvalue weighted by atomic mass is 35.5. The lowest BCUT2D eigenvalue weighted by Gasteiger charge is -2.17. The van der Waals surface area contributed by atoms with Crippen molar-refractivity contribution < 1.29 is 8.81 Å². The molecule has 0 aliphatic carbocycles. The van der Waals surface area contributed by atoms with E-state index in [4.69, 9.17) is 16.0 Å². The zero-order valence-electron chi connectivity index (χ0n) is 8.65. The Morgan fingerprint density at radius 3 is 3.00 bits per heavy atom. The first-order valence-electron chi connectivity index (χ1n) is 4.70. The Morgan fingerprint density at radius 2 is 2.38 bits per heavy atom. The summed E-state index contributed by atoms with van der Waals surface area (Å²) in [6.45, 7) is 0.530. The third kappa shape index (κ3) is 2.33. The fourth-order valence-corrected chi connectivity index (χ4v) is 1.56. The molecule has 2 aromatic rings. The molecule has 5 heteroatoms. The van der Waals surface area contributed by atoms with Gasteiger partial charge < -0.3 is 9.32 Å². The van der Waals surface area contributed by atoms with Crippen LogP contribution in [0.3, 0.4) is 0 Å². The smallest absolute Gasteiger partial charge is 0.167 e. The minimum absolute atomic E-state index is 0.269. The van der Waals surface area contributed by atoms with Crippen LogP contribution >= 0.6 is 11.6 Å². The lowest BCUT2D eigenvalue weighted by Crippen LogP contribution is -2.18. The molecule has 0 saturated carbocycles. The number of aromatic nitrogens is 1. The molecule has 0 unspecified atom stereocenters. The number of nitrogens with zero attached hydrogens (tertiary/aromatic N) is 2. The van der Waals surface area contributed by atoms with E-state index in [-0.39, 0.29) is 10.8 Å². The predicted octanol–water partition coefficient (Wildman–Crippen LogP) is 3.10. The van der Waals surface area contributed by atoms with Crippen LogP contribution in [0.15, 0.2) is 35.3 Å². The van der Waals surface area contributed by atoms with Crippen molar-refractivity contribution in [2.24, 2.45) is 0 Å². The summed E-state index contributed by atoms with van der Waals surface area (Å²) < 4.78 is 18.5. The quantitative estimate of drug-likeness (QED) is 0.826. The molecular weight excluding hydrogens is 231 g/mol. The van der Waals surface area contributed by atoms with Gasteiger partial charge in [-0.1, -0.05) is 11.6 Å². The van der Waals surface area contributed by atoms with Gasteiger partial charge in [0.05, 0.1) is 17.5 Å². The van der Waals surface area contributed by atoms with Crippen LogP contribution in [0, 0.1) is 5.82 Å². The Hall–Kier alpha value is -1.55. The van der Waals surface area contributed by atoms with Gasteiger partial charge in [-0.3, -0.25) is 0 Å². The summed E-state index contributed by atoms with van der Waals surface area (Å²) in [5.74, 6) is -0.163. The van der Waals surface area contributed by atoms with Gasteiger partial charge in [-0.2, -0.15) is 0 Å². The molecule has 2 heterocycles. The summed E-state index contributed by atoms with van der Waals surface area (Å²) in [5, 5.41) is 0.290. The van der Waals surface area contributed by atoms with Gasteiger partial charge in [-0.05, 0) is 12.1 Å². The third-order valence-electron chi connectivity index (χ3n) is 2.15. The molecule has 0 aromatic carbocycles. The molecule has 3 nitrogen and oxygen atoms in total. The van der Waals surface area contributed by atoms with Gasteiger partial charge in [0.25, 0.3) is 0 Å².